The Morgan fingerprint density at radius 3 is 2.48 bits per heavy atom. The molecule has 0 spiro atoms. The Balaban J connectivity index is 1.80. The summed E-state index contributed by atoms with van der Waals surface area (Å²) in [6.45, 7) is 4.11. The van der Waals surface area contributed by atoms with Gasteiger partial charge in [-0.2, -0.15) is 9.40 Å². The van der Waals surface area contributed by atoms with Gasteiger partial charge in [-0.25, -0.2) is 13.1 Å². The molecule has 1 saturated heterocycles. The Labute approximate surface area is 162 Å². The highest BCUT2D eigenvalue weighted by Gasteiger charge is 2.33. The van der Waals surface area contributed by atoms with Gasteiger partial charge in [0.1, 0.15) is 10.6 Å². The summed E-state index contributed by atoms with van der Waals surface area (Å²) in [5, 5.41) is 4.69. The highest BCUT2D eigenvalue weighted by atomic mass is 35.5. The van der Waals surface area contributed by atoms with Gasteiger partial charge in [0.25, 0.3) is 5.91 Å². The molecular formula is C17H20ClN3O5S. The molecule has 3 rings (SSSR count). The quantitative estimate of drug-likeness (QED) is 0.743. The maximum atomic E-state index is 12.9. The van der Waals surface area contributed by atoms with Crippen LogP contribution in [0.2, 0.25) is 5.02 Å². The van der Waals surface area contributed by atoms with Crippen LogP contribution in [0.5, 0.6) is 5.75 Å². The molecule has 8 nitrogen and oxygen atoms in total. The minimum absolute atomic E-state index is 0.0595. The molecule has 27 heavy (non-hydrogen) atoms. The first-order chi connectivity index (χ1) is 12.8. The molecule has 0 unspecified atom stereocenters. The number of hydrogen-bond acceptors (Lipinski definition) is 6. The normalized spacial score (nSPS) is 15.7. The highest BCUT2D eigenvalue weighted by molar-refractivity contribution is 7.89. The van der Waals surface area contributed by atoms with Crippen molar-refractivity contribution in [3.8, 4) is 5.75 Å². The third-order valence-corrected chi connectivity index (χ3v) is 6.61. The van der Waals surface area contributed by atoms with Gasteiger partial charge >= 0.3 is 0 Å². The maximum Gasteiger partial charge on any atom is 0.285 e. The van der Waals surface area contributed by atoms with Crippen LogP contribution in [-0.2, 0) is 14.8 Å². The molecule has 1 aliphatic heterocycles. The molecule has 2 heterocycles. The second kappa shape index (κ2) is 7.97. The number of carbonyl (C=O) groups excluding carboxylic acids is 1. The maximum absolute atomic E-state index is 12.9. The number of aromatic nitrogens is 2. The van der Waals surface area contributed by atoms with Crippen LogP contribution in [0.25, 0.3) is 0 Å². The van der Waals surface area contributed by atoms with E-state index in [1.54, 1.807) is 38.1 Å². The Kier molecular flexibility index (Phi) is 5.85. The fraction of sp³-hybridized carbons (Fsp3) is 0.412. The predicted octanol–water partition coefficient (Wildman–Crippen LogP) is 1.89. The lowest BCUT2D eigenvalue weighted by molar-refractivity contribution is 0.0729. The zero-order valence-corrected chi connectivity index (χ0v) is 16.6. The van der Waals surface area contributed by atoms with Gasteiger partial charge in [-0.05, 0) is 38.1 Å². The molecule has 0 amide bonds. The summed E-state index contributed by atoms with van der Waals surface area (Å²) in [5.41, 5.74) is 0.544. The first-order valence-electron chi connectivity index (χ1n) is 8.36. The zero-order valence-electron chi connectivity index (χ0n) is 15.0. The Morgan fingerprint density at radius 2 is 1.85 bits per heavy atom. The topological polar surface area (TPSA) is 90.7 Å². The van der Waals surface area contributed by atoms with Gasteiger partial charge in [-0.1, -0.05) is 11.6 Å². The van der Waals surface area contributed by atoms with Gasteiger partial charge < -0.3 is 9.47 Å². The van der Waals surface area contributed by atoms with Crippen LogP contribution < -0.4 is 4.74 Å². The molecule has 10 heteroatoms. The van der Waals surface area contributed by atoms with Gasteiger partial charge in [0.05, 0.1) is 24.6 Å². The average molecular weight is 414 g/mol. The van der Waals surface area contributed by atoms with Crippen molar-refractivity contribution in [2.75, 3.05) is 32.9 Å². The van der Waals surface area contributed by atoms with E-state index in [1.165, 1.54) is 4.31 Å². The highest BCUT2D eigenvalue weighted by Crippen LogP contribution is 2.24. The van der Waals surface area contributed by atoms with Crippen molar-refractivity contribution in [1.82, 2.24) is 14.1 Å². The molecule has 1 aromatic heterocycles. The number of halogens is 1. The van der Waals surface area contributed by atoms with Crippen LogP contribution in [0.15, 0.2) is 29.2 Å². The second-order valence-corrected chi connectivity index (χ2v) is 8.38. The summed E-state index contributed by atoms with van der Waals surface area (Å²) in [6.07, 6.45) is 0. The van der Waals surface area contributed by atoms with Crippen molar-refractivity contribution in [2.45, 2.75) is 18.7 Å². The van der Waals surface area contributed by atoms with Gasteiger partial charge in [-0.15, -0.1) is 0 Å². The Bertz CT molecular complexity index is 934. The van der Waals surface area contributed by atoms with E-state index in [2.05, 4.69) is 5.10 Å². The van der Waals surface area contributed by atoms with E-state index in [4.69, 9.17) is 21.1 Å². The number of hydrogen-bond donors (Lipinski definition) is 0. The van der Waals surface area contributed by atoms with Crippen molar-refractivity contribution in [3.63, 3.8) is 0 Å². The fourth-order valence-electron chi connectivity index (χ4n) is 2.90. The summed E-state index contributed by atoms with van der Waals surface area (Å²) in [5.74, 6) is 0.0180. The van der Waals surface area contributed by atoms with Crippen LogP contribution >= 0.6 is 11.6 Å². The predicted molar refractivity (Wildman–Crippen MR) is 98.9 cm³/mol. The van der Waals surface area contributed by atoms with Crippen molar-refractivity contribution >= 4 is 27.5 Å². The van der Waals surface area contributed by atoms with Crippen molar-refractivity contribution in [2.24, 2.45) is 0 Å². The van der Waals surface area contributed by atoms with E-state index in [-0.39, 0.29) is 36.0 Å². The number of benzene rings is 1. The standard InChI is InChI=1S/C17H20ClN3O5S/c1-12-17(27(23,24)20-7-9-25-10-8-20)13(2)21(19-12)16(22)11-26-15-5-3-14(18)4-6-15/h3-6H,7-11H2,1-2H3. The van der Waals surface area contributed by atoms with Crippen molar-refractivity contribution in [3.05, 3.63) is 40.7 Å². The molecule has 2 aromatic rings. The molecule has 1 aromatic carbocycles. The number of rotatable bonds is 5. The lowest BCUT2D eigenvalue weighted by Crippen LogP contribution is -2.41. The number of sulfonamides is 1. The largest absolute Gasteiger partial charge is 0.484 e. The zero-order chi connectivity index (χ0) is 19.6. The third-order valence-electron chi connectivity index (χ3n) is 4.21. The Hall–Kier alpha value is -1.94. The summed E-state index contributed by atoms with van der Waals surface area (Å²) in [4.78, 5) is 12.6. The van der Waals surface area contributed by atoms with Crippen LogP contribution in [0.3, 0.4) is 0 Å². The second-order valence-electron chi connectivity index (χ2n) is 6.06. The van der Waals surface area contributed by atoms with Gasteiger partial charge in [0.2, 0.25) is 10.0 Å². The third kappa shape index (κ3) is 4.16. The van der Waals surface area contributed by atoms with Crippen molar-refractivity contribution in [1.29, 1.82) is 0 Å². The number of morpholine rings is 1. The lowest BCUT2D eigenvalue weighted by Gasteiger charge is -2.26. The van der Waals surface area contributed by atoms with E-state index in [0.29, 0.717) is 24.0 Å². The number of ether oxygens (including phenoxy) is 2. The minimum atomic E-state index is -3.75. The van der Waals surface area contributed by atoms with Crippen LogP contribution in [0.1, 0.15) is 16.2 Å². The smallest absolute Gasteiger partial charge is 0.285 e. The van der Waals surface area contributed by atoms with Crippen LogP contribution in [0.4, 0.5) is 0 Å². The van der Waals surface area contributed by atoms with Gasteiger partial charge in [-0.3, -0.25) is 4.79 Å². The molecule has 0 atom stereocenters. The van der Waals surface area contributed by atoms with Crippen LogP contribution in [-0.4, -0.2) is 61.3 Å². The molecular weight excluding hydrogens is 394 g/mol. The van der Waals surface area contributed by atoms with Crippen molar-refractivity contribution < 1.29 is 22.7 Å². The number of aryl methyl sites for hydroxylation is 1. The minimum Gasteiger partial charge on any atom is -0.484 e. The molecule has 0 saturated carbocycles. The fourth-order valence-corrected chi connectivity index (χ4v) is 4.79. The number of nitrogens with zero attached hydrogens (tertiary/aromatic N) is 3. The molecule has 0 bridgehead atoms. The van der Waals surface area contributed by atoms with Gasteiger partial charge in [0.15, 0.2) is 6.61 Å². The molecule has 146 valence electrons. The molecule has 0 aliphatic carbocycles. The summed E-state index contributed by atoms with van der Waals surface area (Å²) in [7, 11) is -3.75. The van der Waals surface area contributed by atoms with E-state index in [0.717, 1.165) is 4.68 Å². The van der Waals surface area contributed by atoms with E-state index >= 15 is 0 Å². The summed E-state index contributed by atoms with van der Waals surface area (Å²) >= 11 is 5.81. The molecule has 1 aliphatic rings. The Morgan fingerprint density at radius 1 is 1.22 bits per heavy atom. The molecule has 0 N–H and O–H groups in total. The number of carbonyl (C=O) groups is 1. The summed E-state index contributed by atoms with van der Waals surface area (Å²) < 4.78 is 39.0. The van der Waals surface area contributed by atoms with E-state index < -0.39 is 15.9 Å². The van der Waals surface area contributed by atoms with Crippen LogP contribution in [0, 0.1) is 13.8 Å². The van der Waals surface area contributed by atoms with E-state index in [9.17, 15) is 13.2 Å². The monoisotopic (exact) mass is 413 g/mol. The van der Waals surface area contributed by atoms with E-state index in [1.807, 2.05) is 0 Å². The lowest BCUT2D eigenvalue weighted by atomic mass is 10.3. The first kappa shape index (κ1) is 19.8. The first-order valence-corrected chi connectivity index (χ1v) is 10.2. The molecule has 1 fully saturated rings. The average Bonchev–Trinajstić information content (AvgIpc) is 2.96. The SMILES string of the molecule is Cc1nn(C(=O)COc2ccc(Cl)cc2)c(C)c1S(=O)(=O)N1CCOCC1. The summed E-state index contributed by atoms with van der Waals surface area (Å²) in [6, 6.07) is 6.59. The van der Waals surface area contributed by atoms with Gasteiger partial charge in [0, 0.05) is 18.1 Å². The molecule has 0 radical (unpaired) electrons.